The first kappa shape index (κ1) is 26.8. The van der Waals surface area contributed by atoms with Crippen molar-refractivity contribution in [2.75, 3.05) is 27.2 Å². The highest BCUT2D eigenvalue weighted by Crippen LogP contribution is 2.30. The number of allylic oxidation sites excluding steroid dienone is 4. The van der Waals surface area contributed by atoms with Crippen molar-refractivity contribution < 1.29 is 9.13 Å². The molecular weight excluding hydrogens is 440 g/mol. The van der Waals surface area contributed by atoms with Gasteiger partial charge in [0.2, 0.25) is 0 Å². The monoisotopic (exact) mass is 488 g/mol. The van der Waals surface area contributed by atoms with Gasteiger partial charge >= 0.3 is 0 Å². The molecule has 4 rings (SSSR count). The van der Waals surface area contributed by atoms with Gasteiger partial charge in [0, 0.05) is 48.2 Å². The molecule has 2 aromatic rings. The van der Waals surface area contributed by atoms with Crippen LogP contribution >= 0.6 is 0 Å². The third-order valence-electron chi connectivity index (χ3n) is 8.03. The minimum atomic E-state index is 0.612. The lowest BCUT2D eigenvalue weighted by molar-refractivity contribution is -0.698. The fraction of sp³-hybridized carbons (Fsp3) is 0.562. The summed E-state index contributed by atoms with van der Waals surface area (Å²) in [6.07, 6.45) is 30.8. The molecule has 0 spiro atoms. The Morgan fingerprint density at radius 1 is 0.722 bits per heavy atom. The Labute approximate surface area is 220 Å². The molecule has 0 aromatic carbocycles. The highest BCUT2D eigenvalue weighted by atomic mass is 15.2. The minimum absolute atomic E-state index is 0.612. The van der Waals surface area contributed by atoms with Crippen LogP contribution in [0.1, 0.15) is 87.4 Å². The van der Waals surface area contributed by atoms with Crippen LogP contribution in [-0.2, 0) is 13.1 Å². The number of nitrogens with zero attached hydrogens (tertiary/aromatic N) is 4. The van der Waals surface area contributed by atoms with Crippen molar-refractivity contribution in [2.45, 2.75) is 89.4 Å². The van der Waals surface area contributed by atoms with E-state index < -0.39 is 0 Å². The van der Waals surface area contributed by atoms with Gasteiger partial charge in [0.1, 0.15) is 13.1 Å². The Morgan fingerprint density at radius 3 is 1.61 bits per heavy atom. The molecular formula is C32H48N4+2. The molecule has 0 saturated carbocycles. The number of pyridine rings is 2. The number of aryl methyl sites for hydroxylation is 2. The van der Waals surface area contributed by atoms with Gasteiger partial charge in [-0.15, -0.1) is 0 Å². The van der Waals surface area contributed by atoms with Gasteiger partial charge in [-0.2, -0.15) is 0 Å². The van der Waals surface area contributed by atoms with E-state index in [1.54, 1.807) is 0 Å². The fourth-order valence-corrected chi connectivity index (χ4v) is 5.88. The Balaban J connectivity index is 1.05. The molecule has 2 aliphatic heterocycles. The Morgan fingerprint density at radius 2 is 1.19 bits per heavy atom. The topological polar surface area (TPSA) is 14.2 Å². The molecule has 2 fully saturated rings. The van der Waals surface area contributed by atoms with E-state index in [-0.39, 0.29) is 0 Å². The van der Waals surface area contributed by atoms with Gasteiger partial charge in [-0.3, -0.25) is 9.80 Å². The lowest BCUT2D eigenvalue weighted by Crippen LogP contribution is -2.34. The minimum Gasteiger partial charge on any atom is -0.299 e. The van der Waals surface area contributed by atoms with Crippen molar-refractivity contribution >= 4 is 0 Å². The summed E-state index contributed by atoms with van der Waals surface area (Å²) in [6, 6.07) is 10.3. The van der Waals surface area contributed by atoms with Crippen molar-refractivity contribution in [3.63, 3.8) is 0 Å². The quantitative estimate of drug-likeness (QED) is 0.197. The van der Waals surface area contributed by atoms with Gasteiger partial charge in [0.05, 0.1) is 0 Å². The molecule has 2 aromatic heterocycles. The number of aromatic nitrogens is 2. The Bertz CT molecular complexity index is 902. The SMILES string of the molecule is CN1CCCC1c1ccc[n+](CCCC/C=C\C=C/CCCC[n+]2cccc(C3CCCN3C)c2)c1. The Kier molecular flexibility index (Phi) is 10.7. The summed E-state index contributed by atoms with van der Waals surface area (Å²) in [4.78, 5) is 4.98. The molecule has 2 atom stereocenters. The first-order chi connectivity index (χ1) is 17.7. The summed E-state index contributed by atoms with van der Waals surface area (Å²) in [5, 5.41) is 0. The third-order valence-corrected chi connectivity index (χ3v) is 8.03. The smallest absolute Gasteiger partial charge is 0.173 e. The van der Waals surface area contributed by atoms with Gasteiger partial charge in [0.25, 0.3) is 0 Å². The van der Waals surface area contributed by atoms with E-state index in [1.807, 2.05) is 0 Å². The predicted molar refractivity (Wildman–Crippen MR) is 148 cm³/mol. The molecule has 2 aliphatic rings. The van der Waals surface area contributed by atoms with Crippen LogP contribution in [0.25, 0.3) is 0 Å². The highest BCUT2D eigenvalue weighted by Gasteiger charge is 2.25. The number of unbranched alkanes of at least 4 members (excludes halogenated alkanes) is 4. The van der Waals surface area contributed by atoms with E-state index >= 15 is 0 Å². The molecule has 0 aliphatic carbocycles. The maximum atomic E-state index is 2.49. The molecule has 2 unspecified atom stereocenters. The molecule has 4 heterocycles. The number of hydrogen-bond acceptors (Lipinski definition) is 2. The van der Waals surface area contributed by atoms with E-state index in [2.05, 4.69) is 106 Å². The normalized spacial score (nSPS) is 21.4. The lowest BCUT2D eigenvalue weighted by Gasteiger charge is -2.18. The zero-order chi connectivity index (χ0) is 25.0. The average molecular weight is 489 g/mol. The first-order valence-corrected chi connectivity index (χ1v) is 14.4. The largest absolute Gasteiger partial charge is 0.299 e. The van der Waals surface area contributed by atoms with Crippen molar-refractivity contribution in [1.82, 2.24) is 9.80 Å². The zero-order valence-electron chi connectivity index (χ0n) is 22.8. The fourth-order valence-electron chi connectivity index (χ4n) is 5.88. The van der Waals surface area contributed by atoms with Gasteiger partial charge in [-0.25, -0.2) is 9.13 Å². The summed E-state index contributed by atoms with van der Waals surface area (Å²) in [7, 11) is 4.51. The predicted octanol–water partition coefficient (Wildman–Crippen LogP) is 5.95. The molecule has 0 radical (unpaired) electrons. The van der Waals surface area contributed by atoms with Gasteiger partial charge in [0.15, 0.2) is 24.8 Å². The van der Waals surface area contributed by atoms with Gasteiger partial charge < -0.3 is 0 Å². The van der Waals surface area contributed by atoms with Gasteiger partial charge in [-0.1, -0.05) is 24.3 Å². The van der Waals surface area contributed by atoms with Gasteiger partial charge in [-0.05, 0) is 90.7 Å². The zero-order valence-corrected chi connectivity index (χ0v) is 22.8. The van der Waals surface area contributed by atoms with Crippen LogP contribution in [0.2, 0.25) is 0 Å². The molecule has 0 amide bonds. The molecule has 194 valence electrons. The van der Waals surface area contributed by atoms with Crippen LogP contribution in [-0.4, -0.2) is 37.0 Å². The van der Waals surface area contributed by atoms with Crippen LogP contribution in [0, 0.1) is 0 Å². The third kappa shape index (κ3) is 8.11. The summed E-state index contributed by atoms with van der Waals surface area (Å²) >= 11 is 0. The standard InChI is InChI=1S/C32H48N4/c1-33-21-15-19-31(33)29-17-13-25-35(27-29)23-11-9-7-5-3-4-6-8-10-12-24-36-26-14-18-30(28-36)32-20-16-22-34(32)2/h3-6,13-14,17-18,25-28,31-32H,7-12,15-16,19-24H2,1-2H3/q+2/b5-3-,6-4-. The van der Waals surface area contributed by atoms with Crippen LogP contribution in [0.5, 0.6) is 0 Å². The Hall–Kier alpha value is -2.30. The summed E-state index contributed by atoms with van der Waals surface area (Å²) in [5.74, 6) is 0. The van der Waals surface area contributed by atoms with Crippen molar-refractivity contribution in [1.29, 1.82) is 0 Å². The molecule has 2 saturated heterocycles. The summed E-state index contributed by atoms with van der Waals surface area (Å²) < 4.78 is 4.76. The van der Waals surface area contributed by atoms with E-state index in [4.69, 9.17) is 0 Å². The second-order valence-electron chi connectivity index (χ2n) is 10.9. The van der Waals surface area contributed by atoms with E-state index in [0.29, 0.717) is 12.1 Å². The first-order valence-electron chi connectivity index (χ1n) is 14.4. The molecule has 36 heavy (non-hydrogen) atoms. The summed E-state index contributed by atoms with van der Waals surface area (Å²) in [6.45, 7) is 4.69. The average Bonchev–Trinajstić information content (AvgIpc) is 3.53. The van der Waals surface area contributed by atoms with Crippen LogP contribution in [0.4, 0.5) is 0 Å². The van der Waals surface area contributed by atoms with Crippen molar-refractivity contribution in [2.24, 2.45) is 0 Å². The van der Waals surface area contributed by atoms with Crippen molar-refractivity contribution in [3.8, 4) is 0 Å². The summed E-state index contributed by atoms with van der Waals surface area (Å²) in [5.41, 5.74) is 2.96. The van der Waals surface area contributed by atoms with E-state index in [1.165, 1.54) is 88.4 Å². The second-order valence-corrected chi connectivity index (χ2v) is 10.9. The second kappa shape index (κ2) is 14.4. The van der Waals surface area contributed by atoms with E-state index in [0.717, 1.165) is 13.1 Å². The molecule has 0 N–H and O–H groups in total. The van der Waals surface area contributed by atoms with Crippen molar-refractivity contribution in [3.05, 3.63) is 84.5 Å². The number of likely N-dealkylation sites (tertiary alicyclic amines) is 2. The molecule has 4 heteroatoms. The van der Waals surface area contributed by atoms with Crippen LogP contribution in [0.3, 0.4) is 0 Å². The van der Waals surface area contributed by atoms with Crippen LogP contribution in [0.15, 0.2) is 73.4 Å². The number of hydrogen-bond donors (Lipinski definition) is 0. The maximum Gasteiger partial charge on any atom is 0.173 e. The maximum absolute atomic E-state index is 2.49. The highest BCUT2D eigenvalue weighted by molar-refractivity contribution is 5.13. The number of rotatable bonds is 13. The molecule has 0 bridgehead atoms. The lowest BCUT2D eigenvalue weighted by atomic mass is 10.1. The van der Waals surface area contributed by atoms with E-state index in [9.17, 15) is 0 Å². The molecule has 4 nitrogen and oxygen atoms in total. The van der Waals surface area contributed by atoms with Crippen LogP contribution < -0.4 is 9.13 Å².